The quantitative estimate of drug-likeness (QED) is 0.0434. The first-order valence-corrected chi connectivity index (χ1v) is 44.3. The number of rotatable bonds is 93. The van der Waals surface area contributed by atoms with Gasteiger partial charge in [0.2, 0.25) is 23.5 Å². The van der Waals surface area contributed by atoms with E-state index in [2.05, 4.69) is 21.3 Å². The van der Waals surface area contributed by atoms with Gasteiger partial charge in [-0.2, -0.15) is 0 Å². The van der Waals surface area contributed by atoms with E-state index in [1.807, 2.05) is 0 Å². The third-order valence-electron chi connectivity index (χ3n) is 18.1. The number of benzene rings is 1. The highest BCUT2D eigenvalue weighted by molar-refractivity contribution is 6.12. The van der Waals surface area contributed by atoms with Crippen LogP contribution in [-0.4, -0.2) is 412 Å². The molecular weight excluding hydrogens is 1710 g/mol. The number of fused-ring (bicyclic) bond motifs is 2. The highest BCUT2D eigenvalue weighted by Gasteiger charge is 2.39. The van der Waals surface area contributed by atoms with Gasteiger partial charge in [0.15, 0.2) is 17.4 Å². The number of ether oxygens (including phenoxy) is 25. The summed E-state index contributed by atoms with van der Waals surface area (Å²) in [7, 11) is 0. The van der Waals surface area contributed by atoms with Crippen molar-refractivity contribution in [2.24, 2.45) is 11.7 Å². The molecule has 1 heterocycles. The van der Waals surface area contributed by atoms with Crippen LogP contribution in [0.3, 0.4) is 0 Å². The van der Waals surface area contributed by atoms with Crippen molar-refractivity contribution in [2.45, 2.75) is 69.9 Å². The highest BCUT2D eigenvalue weighted by Crippen LogP contribution is 2.45. The van der Waals surface area contributed by atoms with Crippen LogP contribution in [0.5, 0.6) is 0 Å². The summed E-state index contributed by atoms with van der Waals surface area (Å²) in [5.74, 6) is -9.03. The molecule has 0 aromatic heterocycles. The average molecular weight is 1860 g/mol. The lowest BCUT2D eigenvalue weighted by Gasteiger charge is -2.34. The molecule has 1 aliphatic heterocycles. The highest BCUT2D eigenvalue weighted by atomic mass is 19.1. The van der Waals surface area contributed by atoms with E-state index < -0.39 is 65.0 Å². The van der Waals surface area contributed by atoms with Gasteiger partial charge in [-0.1, -0.05) is 12.5 Å². The van der Waals surface area contributed by atoms with Gasteiger partial charge < -0.3 is 161 Å². The number of carboxylic acid groups (broad SMARTS) is 2. The lowest BCUT2D eigenvalue weighted by molar-refractivity contribution is -0.142. The summed E-state index contributed by atoms with van der Waals surface area (Å²) in [6, 6.07) is 2.54. The first-order chi connectivity index (χ1) is 63.2. The SMILES string of the molecule is NCCOCCOCCOCCOCCOCCOCCOCCOCCOCCOCCOCCOCCC(=O)NC(CCCCNC(=O)CCOCCOCCOCCOCCOCCOCCOCCOCCOCCOCCOCCOCCNC(=O)CCCCCNC(=O)c1ccc(C(=O)O)c(C2=C(F)C(=O)C=C3OC4C=C(O)C(F)=CC4=CC32)c1)C(=O)O. The summed E-state index contributed by atoms with van der Waals surface area (Å²) in [5.41, 5.74) is 4.62. The normalized spacial score (nSPS) is 14.5. The minimum atomic E-state index is -1.44. The Kier molecular flexibility index (Phi) is 71.3. The Bertz CT molecular complexity index is 3290. The van der Waals surface area contributed by atoms with E-state index in [4.69, 9.17) is 124 Å². The molecule has 0 saturated heterocycles. The molecule has 42 heteroatoms. The molecule has 1 aromatic rings. The summed E-state index contributed by atoms with van der Waals surface area (Å²) >= 11 is 0. The molecule has 4 amide bonds. The van der Waals surface area contributed by atoms with Gasteiger partial charge in [0, 0.05) is 68.7 Å². The molecule has 738 valence electrons. The number of aromatic carboxylic acids is 1. The zero-order valence-corrected chi connectivity index (χ0v) is 74.6. The lowest BCUT2D eigenvalue weighted by atomic mass is 9.79. The number of carbonyl (C=O) groups excluding carboxylic acids is 5. The summed E-state index contributed by atoms with van der Waals surface area (Å²) in [6.07, 6.45) is 6.81. The second-order valence-corrected chi connectivity index (χ2v) is 28.1. The number of unbranched alkanes of at least 4 members (excludes halogenated alkanes) is 3. The van der Waals surface area contributed by atoms with Gasteiger partial charge in [-0.05, 0) is 67.5 Å². The predicted octanol–water partition coefficient (Wildman–Crippen LogP) is 3.18. The summed E-state index contributed by atoms with van der Waals surface area (Å²) in [4.78, 5) is 86.9. The van der Waals surface area contributed by atoms with Gasteiger partial charge in [-0.25, -0.2) is 18.4 Å². The fourth-order valence-corrected chi connectivity index (χ4v) is 11.6. The number of aliphatic carboxylic acids is 1. The van der Waals surface area contributed by atoms with Crippen LogP contribution in [0, 0.1) is 5.92 Å². The molecule has 3 aliphatic rings. The van der Waals surface area contributed by atoms with Crippen molar-refractivity contribution >= 4 is 46.9 Å². The van der Waals surface area contributed by atoms with E-state index in [-0.39, 0.29) is 97.5 Å². The molecule has 129 heavy (non-hydrogen) atoms. The molecule has 4 rings (SSSR count). The smallest absolute Gasteiger partial charge is 0.336 e. The summed E-state index contributed by atoms with van der Waals surface area (Å²) in [6.45, 7) is 21.0. The van der Waals surface area contributed by atoms with Crippen LogP contribution >= 0.6 is 0 Å². The Balaban J connectivity index is 0.760. The molecule has 0 radical (unpaired) electrons. The molecule has 9 N–H and O–H groups in total. The maximum Gasteiger partial charge on any atom is 0.336 e. The third kappa shape index (κ3) is 60.6. The molecule has 0 bridgehead atoms. The minimum Gasteiger partial charge on any atom is -0.505 e. The Morgan fingerprint density at radius 3 is 1.11 bits per heavy atom. The number of ketones is 1. The van der Waals surface area contributed by atoms with Crippen molar-refractivity contribution in [3.05, 3.63) is 87.9 Å². The monoisotopic (exact) mass is 1850 g/mol. The van der Waals surface area contributed by atoms with Crippen LogP contribution in [0.1, 0.15) is 84.1 Å². The standard InChI is InChI=1S/C87H141F2N5O35/c88-74-66-70-65-73-79(129-78(70)67-76(74)95)68-77(96)84(89)83(73)72-64-69(8-9-71(72)86(101)102)85(100)93-14-4-1-2-7-80(97)92-15-19-108-23-27-112-31-35-116-39-43-120-47-51-124-55-59-128-63-61-125-56-52-121-48-44-117-40-36-113-32-28-109-24-20-105-16-10-81(98)91-13-5-3-6-75(87(103)104)94-82(99)11-17-106-21-25-110-29-33-114-37-41-118-45-49-122-53-57-126-60-62-127-58-54-123-50-46-119-42-38-115-34-30-111-26-22-107-18-12-90/h8-9,64-68,73,75,78,95H,1-7,10-63,90H2,(H,91,98)(H,92,97)(H,93,100)(H,94,99)(H,101,102)(H,103,104). The Morgan fingerprint density at radius 2 is 0.729 bits per heavy atom. The number of nitrogens with one attached hydrogen (secondary N) is 4. The number of hydrogen-bond acceptors (Lipinski definition) is 34. The number of carbonyl (C=O) groups is 7. The molecule has 0 fully saturated rings. The van der Waals surface area contributed by atoms with Gasteiger partial charge in [-0.3, -0.25) is 24.0 Å². The number of amides is 4. The zero-order valence-electron chi connectivity index (χ0n) is 74.6. The van der Waals surface area contributed by atoms with Gasteiger partial charge in [-0.15, -0.1) is 0 Å². The number of aliphatic hydroxyl groups excluding tert-OH is 1. The largest absolute Gasteiger partial charge is 0.505 e. The second-order valence-electron chi connectivity index (χ2n) is 28.1. The third-order valence-corrected chi connectivity index (χ3v) is 18.1. The number of carboxylic acids is 2. The second kappa shape index (κ2) is 80.5. The van der Waals surface area contributed by atoms with Crippen molar-refractivity contribution in [1.82, 2.24) is 21.3 Å². The molecule has 1 aromatic carbocycles. The van der Waals surface area contributed by atoms with Crippen LogP contribution in [0.25, 0.3) is 5.57 Å². The van der Waals surface area contributed by atoms with Crippen LogP contribution in [0.4, 0.5) is 8.78 Å². The van der Waals surface area contributed by atoms with Crippen molar-refractivity contribution in [2.75, 3.05) is 343 Å². The molecule has 0 spiro atoms. The minimum absolute atomic E-state index is 0.00473. The van der Waals surface area contributed by atoms with Gasteiger partial charge in [0.25, 0.3) is 5.91 Å². The number of halogens is 2. The van der Waals surface area contributed by atoms with Gasteiger partial charge in [0.05, 0.1) is 329 Å². The Labute approximate surface area is 754 Å². The number of nitrogens with two attached hydrogens (primary N) is 1. The molecule has 3 unspecified atom stereocenters. The number of allylic oxidation sites excluding steroid dienone is 4. The van der Waals surface area contributed by atoms with Crippen molar-refractivity contribution in [3.63, 3.8) is 0 Å². The van der Waals surface area contributed by atoms with Crippen LogP contribution in [-0.2, 0) is 142 Å². The first kappa shape index (κ1) is 114. The number of aliphatic hydroxyl groups is 1. The maximum atomic E-state index is 15.7. The van der Waals surface area contributed by atoms with Crippen LogP contribution < -0.4 is 27.0 Å². The number of hydrogen-bond donors (Lipinski definition) is 8. The fourth-order valence-electron chi connectivity index (χ4n) is 11.6. The molecule has 0 saturated carbocycles. The van der Waals surface area contributed by atoms with Crippen molar-refractivity contribution in [1.29, 1.82) is 0 Å². The van der Waals surface area contributed by atoms with Gasteiger partial charge >= 0.3 is 11.9 Å². The van der Waals surface area contributed by atoms with Crippen molar-refractivity contribution < 1.29 is 176 Å². The maximum absolute atomic E-state index is 15.7. The Morgan fingerprint density at radius 1 is 0.388 bits per heavy atom. The van der Waals surface area contributed by atoms with E-state index >= 15 is 4.39 Å². The van der Waals surface area contributed by atoms with Crippen molar-refractivity contribution in [3.8, 4) is 0 Å². The fraction of sp³-hybridized carbons (Fsp3) is 0.736. The van der Waals surface area contributed by atoms with Gasteiger partial charge in [0.1, 0.15) is 17.9 Å². The predicted molar refractivity (Wildman–Crippen MR) is 459 cm³/mol. The van der Waals surface area contributed by atoms with Crippen LogP contribution in [0.2, 0.25) is 0 Å². The van der Waals surface area contributed by atoms with E-state index in [1.165, 1.54) is 18.2 Å². The molecule has 40 nitrogen and oxygen atoms in total. The lowest BCUT2D eigenvalue weighted by Crippen LogP contribution is -2.41. The van der Waals surface area contributed by atoms with Crippen LogP contribution in [0.15, 0.2) is 71.2 Å². The van der Waals surface area contributed by atoms with E-state index in [9.17, 15) is 53.3 Å². The average Bonchev–Trinajstić information content (AvgIpc) is 0.746. The van der Waals surface area contributed by atoms with E-state index in [1.54, 1.807) is 0 Å². The van der Waals surface area contributed by atoms with E-state index in [0.717, 1.165) is 24.3 Å². The Hall–Kier alpha value is -7.13. The molecular formula is C87H141F2N5O35. The first-order valence-electron chi connectivity index (χ1n) is 44.3. The summed E-state index contributed by atoms with van der Waals surface area (Å²) < 4.78 is 167. The molecule has 3 atom stereocenters. The summed E-state index contributed by atoms with van der Waals surface area (Å²) in [5, 5.41) is 40.3. The topological polar surface area (TPSA) is 485 Å². The van der Waals surface area contributed by atoms with E-state index in [0.29, 0.717) is 349 Å². The zero-order chi connectivity index (χ0) is 92.6. The molecule has 2 aliphatic carbocycles.